The maximum atomic E-state index is 12.7. The predicted molar refractivity (Wildman–Crippen MR) is 121 cm³/mol. The van der Waals surface area contributed by atoms with Crippen molar-refractivity contribution in [3.8, 4) is 0 Å². The van der Waals surface area contributed by atoms with Gasteiger partial charge in [-0.25, -0.2) is 9.59 Å². The summed E-state index contributed by atoms with van der Waals surface area (Å²) < 4.78 is 10.8. The number of carbonyl (C=O) groups excluding carboxylic acids is 2. The van der Waals surface area contributed by atoms with Crippen LogP contribution in [0.15, 0.2) is 30.3 Å². The molecule has 0 aliphatic heterocycles. The summed E-state index contributed by atoms with van der Waals surface area (Å²) in [6.07, 6.45) is 0.893. The van der Waals surface area contributed by atoms with Crippen LogP contribution in [0.3, 0.4) is 0 Å². The van der Waals surface area contributed by atoms with Crippen LogP contribution < -0.4 is 5.32 Å². The fourth-order valence-corrected chi connectivity index (χ4v) is 7.01. The average molecular weight is 422 g/mol. The van der Waals surface area contributed by atoms with Gasteiger partial charge in [-0.15, -0.1) is 0 Å². The number of hydrogen-bond acceptors (Lipinski definition) is 4. The number of carbonyl (C=O) groups is 2. The highest BCUT2D eigenvalue weighted by atomic mass is 28.3. The lowest BCUT2D eigenvalue weighted by Crippen LogP contribution is -2.44. The zero-order valence-electron chi connectivity index (χ0n) is 19.0. The molecule has 29 heavy (non-hydrogen) atoms. The maximum Gasteiger partial charge on any atom is 0.408 e. The summed E-state index contributed by atoms with van der Waals surface area (Å²) in [7, 11) is -1.26. The highest BCUT2D eigenvalue weighted by molar-refractivity contribution is 6.79. The van der Waals surface area contributed by atoms with Crippen LogP contribution in [0.1, 0.15) is 59.9 Å². The molecule has 1 atom stereocenters. The molecule has 5 nitrogen and oxygen atoms in total. The Balaban J connectivity index is 2.69. The van der Waals surface area contributed by atoms with Gasteiger partial charge >= 0.3 is 12.1 Å². The summed E-state index contributed by atoms with van der Waals surface area (Å²) in [6.45, 7) is 12.5. The second-order valence-electron chi connectivity index (χ2n) is 8.75. The molecule has 0 aliphatic rings. The Morgan fingerprint density at radius 1 is 1.03 bits per heavy atom. The fourth-order valence-electron chi connectivity index (χ4n) is 3.49. The van der Waals surface area contributed by atoms with Gasteiger partial charge in [-0.3, -0.25) is 0 Å². The number of alkyl carbamates (subject to hydrolysis) is 1. The Kier molecular flexibility index (Phi) is 10.4. The van der Waals surface area contributed by atoms with Crippen LogP contribution in [-0.4, -0.2) is 31.8 Å². The van der Waals surface area contributed by atoms with Crippen LogP contribution in [-0.2, 0) is 20.9 Å². The summed E-state index contributed by atoms with van der Waals surface area (Å²) >= 11 is 0. The number of benzene rings is 1. The zero-order chi connectivity index (χ0) is 21.9. The predicted octanol–water partition coefficient (Wildman–Crippen LogP) is 5.91. The van der Waals surface area contributed by atoms with E-state index in [9.17, 15) is 9.59 Å². The van der Waals surface area contributed by atoms with Gasteiger partial charge in [-0.2, -0.15) is 0 Å². The van der Waals surface area contributed by atoms with Crippen LogP contribution >= 0.6 is 0 Å². The molecule has 1 aromatic rings. The van der Waals surface area contributed by atoms with Crippen LogP contribution in [0.4, 0.5) is 4.79 Å². The van der Waals surface area contributed by atoms with Gasteiger partial charge in [0.25, 0.3) is 0 Å². The maximum absolute atomic E-state index is 12.7. The molecular weight excluding hydrogens is 382 g/mol. The van der Waals surface area contributed by atoms with E-state index in [4.69, 9.17) is 9.47 Å². The summed E-state index contributed by atoms with van der Waals surface area (Å²) in [5.41, 5.74) is 0.306. The first kappa shape index (κ1) is 25.2. The molecular formula is C23H39NO4Si. The number of rotatable bonds is 11. The minimum atomic E-state index is -1.26. The molecule has 6 heteroatoms. The monoisotopic (exact) mass is 421 g/mol. The minimum Gasteiger partial charge on any atom is -0.458 e. The number of ether oxygens (including phenoxy) is 2. The van der Waals surface area contributed by atoms with Crippen LogP contribution in [0.5, 0.6) is 0 Å². The van der Waals surface area contributed by atoms with Gasteiger partial charge in [0.1, 0.15) is 18.2 Å². The van der Waals surface area contributed by atoms with E-state index < -0.39 is 31.8 Å². The molecule has 0 saturated carbocycles. The average Bonchev–Trinajstić information content (AvgIpc) is 2.68. The Hall–Kier alpha value is -1.82. The van der Waals surface area contributed by atoms with Crippen molar-refractivity contribution in [2.24, 2.45) is 0 Å². The third-order valence-electron chi connectivity index (χ3n) is 5.65. The molecule has 0 spiro atoms. The summed E-state index contributed by atoms with van der Waals surface area (Å²) in [5, 5.41) is 2.73. The van der Waals surface area contributed by atoms with E-state index in [0.29, 0.717) is 6.42 Å². The molecule has 0 saturated heterocycles. The molecule has 0 aromatic heterocycles. The third-order valence-corrected chi connectivity index (χ3v) is 11.6. The van der Waals surface area contributed by atoms with Crippen LogP contribution in [0.2, 0.25) is 24.2 Å². The van der Waals surface area contributed by atoms with Crippen LogP contribution in [0, 0.1) is 0 Å². The molecule has 0 bridgehead atoms. The van der Waals surface area contributed by atoms with Gasteiger partial charge in [-0.05, 0) is 32.8 Å². The van der Waals surface area contributed by atoms with Gasteiger partial charge < -0.3 is 14.8 Å². The fraction of sp³-hybridized carbons (Fsp3) is 0.652. The third kappa shape index (κ3) is 9.48. The summed E-state index contributed by atoms with van der Waals surface area (Å²) in [4.78, 5) is 24.9. The standard InChI is InChI=1S/C23H39NO4Si/c1-7-29(8-2,9-3)17-13-16-20(21(25)28-23(4,5)6)24-22(26)27-18-19-14-11-10-12-15-19/h10-12,14-15,20H,7-9,13,16-18H2,1-6H3,(H,24,26)/t20-/m0/s1. The van der Waals surface area contributed by atoms with Gasteiger partial charge in [-0.1, -0.05) is 81.7 Å². The van der Waals surface area contributed by atoms with Crippen molar-refractivity contribution in [3.05, 3.63) is 35.9 Å². The van der Waals surface area contributed by atoms with E-state index in [-0.39, 0.29) is 6.61 Å². The van der Waals surface area contributed by atoms with Crippen molar-refractivity contribution in [3.63, 3.8) is 0 Å². The van der Waals surface area contributed by atoms with Crippen molar-refractivity contribution < 1.29 is 19.1 Å². The first-order valence-corrected chi connectivity index (χ1v) is 13.7. The first-order chi connectivity index (χ1) is 13.6. The molecule has 0 radical (unpaired) electrons. The first-order valence-electron chi connectivity index (χ1n) is 10.8. The van der Waals surface area contributed by atoms with E-state index in [1.807, 2.05) is 51.1 Å². The number of hydrogen-bond donors (Lipinski definition) is 1. The second-order valence-corrected chi connectivity index (χ2v) is 14.4. The highest BCUT2D eigenvalue weighted by Crippen LogP contribution is 2.27. The summed E-state index contributed by atoms with van der Waals surface area (Å²) in [5.74, 6) is -0.397. The SMILES string of the molecule is CC[Si](CC)(CC)CCC[C@H](NC(=O)OCc1ccccc1)C(=O)OC(C)(C)C. The number of esters is 1. The quantitative estimate of drug-likeness (QED) is 0.356. The molecule has 1 rings (SSSR count). The lowest BCUT2D eigenvalue weighted by atomic mass is 10.1. The molecule has 1 amide bonds. The number of nitrogens with one attached hydrogen (secondary N) is 1. The highest BCUT2D eigenvalue weighted by Gasteiger charge is 2.30. The zero-order valence-corrected chi connectivity index (χ0v) is 20.0. The molecule has 1 aromatic carbocycles. The van der Waals surface area contributed by atoms with Crippen molar-refractivity contribution in [1.82, 2.24) is 5.32 Å². The molecule has 0 aliphatic carbocycles. The molecule has 0 fully saturated rings. The molecule has 164 valence electrons. The lowest BCUT2D eigenvalue weighted by Gasteiger charge is -2.29. The largest absolute Gasteiger partial charge is 0.458 e. The van der Waals surface area contributed by atoms with Gasteiger partial charge in [0.2, 0.25) is 0 Å². The Labute approximate surface area is 177 Å². The van der Waals surface area contributed by atoms with Gasteiger partial charge in [0.05, 0.1) is 8.07 Å². The van der Waals surface area contributed by atoms with E-state index in [2.05, 4.69) is 26.1 Å². The van der Waals surface area contributed by atoms with Crippen molar-refractivity contribution in [2.75, 3.05) is 0 Å². The van der Waals surface area contributed by atoms with E-state index >= 15 is 0 Å². The Morgan fingerprint density at radius 2 is 1.62 bits per heavy atom. The Morgan fingerprint density at radius 3 is 2.14 bits per heavy atom. The minimum absolute atomic E-state index is 0.172. The topological polar surface area (TPSA) is 64.6 Å². The van der Waals surface area contributed by atoms with Gasteiger partial charge in [0, 0.05) is 0 Å². The van der Waals surface area contributed by atoms with Crippen molar-refractivity contribution >= 4 is 20.1 Å². The lowest BCUT2D eigenvalue weighted by molar-refractivity contribution is -0.157. The summed E-state index contributed by atoms with van der Waals surface area (Å²) in [6, 6.07) is 13.7. The molecule has 0 heterocycles. The Bertz CT molecular complexity index is 615. The van der Waals surface area contributed by atoms with E-state index in [1.54, 1.807) is 0 Å². The molecule has 1 N–H and O–H groups in total. The van der Waals surface area contributed by atoms with Crippen LogP contribution in [0.25, 0.3) is 0 Å². The normalized spacial score (nSPS) is 12.9. The van der Waals surface area contributed by atoms with E-state index in [1.165, 1.54) is 18.1 Å². The smallest absolute Gasteiger partial charge is 0.408 e. The van der Waals surface area contributed by atoms with Gasteiger partial charge in [0.15, 0.2) is 0 Å². The van der Waals surface area contributed by atoms with Crippen molar-refractivity contribution in [2.45, 2.75) is 96.8 Å². The number of amides is 1. The van der Waals surface area contributed by atoms with Crippen molar-refractivity contribution in [1.29, 1.82) is 0 Å². The second kappa shape index (κ2) is 12.0. The van der Waals surface area contributed by atoms with E-state index in [0.717, 1.165) is 18.0 Å². The molecule has 0 unspecified atom stereocenters.